The molecule has 1 saturated heterocycles. The molecule has 0 saturated carbocycles. The van der Waals surface area contributed by atoms with E-state index < -0.39 is 17.7 Å². The minimum atomic E-state index is -0.859. The summed E-state index contributed by atoms with van der Waals surface area (Å²) in [6.45, 7) is 1.98. The molecule has 1 amide bonds. The van der Waals surface area contributed by atoms with Gasteiger partial charge >= 0.3 is 5.91 Å². The predicted molar refractivity (Wildman–Crippen MR) is 144 cm³/mol. The molecule has 0 unspecified atom stereocenters. The molecule has 6 nitrogen and oxygen atoms in total. The lowest BCUT2D eigenvalue weighted by Crippen LogP contribution is -2.29. The van der Waals surface area contributed by atoms with Crippen molar-refractivity contribution in [2.45, 2.75) is 25.5 Å². The number of carbonyl (C=O) groups is 2. The SMILES string of the molecule is C[C@H]1Cc2cc(C(O)=C3C(=O)C(=O)N(c4nc5ccc(Cl)cc5s4)[C@H]3c3cccc(Br)c3)ccc2O1. The first-order valence-electron chi connectivity index (χ1n) is 11.2. The second-order valence-electron chi connectivity index (χ2n) is 8.79. The molecule has 0 aliphatic carbocycles. The summed E-state index contributed by atoms with van der Waals surface area (Å²) in [4.78, 5) is 32.9. The number of ether oxygens (including phenoxy) is 1. The Kier molecular flexibility index (Phi) is 5.63. The number of aliphatic hydroxyl groups excluding tert-OH is 1. The Hall–Kier alpha value is -3.20. The van der Waals surface area contributed by atoms with Crippen LogP contribution in [-0.2, 0) is 16.0 Å². The van der Waals surface area contributed by atoms with Gasteiger partial charge in [-0.2, -0.15) is 0 Å². The predicted octanol–water partition coefficient (Wildman–Crippen LogP) is 6.66. The average Bonchev–Trinajstić information content (AvgIpc) is 3.50. The van der Waals surface area contributed by atoms with E-state index in [9.17, 15) is 14.7 Å². The minimum Gasteiger partial charge on any atom is -0.507 e. The van der Waals surface area contributed by atoms with Crippen molar-refractivity contribution in [1.29, 1.82) is 0 Å². The number of thiazole rings is 1. The fraction of sp³-hybridized carbons (Fsp3) is 0.148. The van der Waals surface area contributed by atoms with E-state index in [1.54, 1.807) is 30.3 Å². The molecule has 1 aromatic heterocycles. The van der Waals surface area contributed by atoms with Gasteiger partial charge in [0, 0.05) is 21.5 Å². The van der Waals surface area contributed by atoms with Crippen LogP contribution in [0.4, 0.5) is 5.13 Å². The lowest BCUT2D eigenvalue weighted by molar-refractivity contribution is -0.132. The van der Waals surface area contributed by atoms with E-state index in [1.165, 1.54) is 16.2 Å². The summed E-state index contributed by atoms with van der Waals surface area (Å²) >= 11 is 10.9. The van der Waals surface area contributed by atoms with E-state index in [0.29, 0.717) is 33.2 Å². The molecule has 180 valence electrons. The molecule has 36 heavy (non-hydrogen) atoms. The quantitative estimate of drug-likeness (QED) is 0.166. The maximum Gasteiger partial charge on any atom is 0.301 e. The summed E-state index contributed by atoms with van der Waals surface area (Å²) in [6.07, 6.45) is 0.742. The van der Waals surface area contributed by atoms with Crippen LogP contribution in [0.5, 0.6) is 5.75 Å². The zero-order valence-corrected chi connectivity index (χ0v) is 22.0. The first kappa shape index (κ1) is 23.2. The van der Waals surface area contributed by atoms with Crippen molar-refractivity contribution >= 4 is 71.7 Å². The maximum absolute atomic E-state index is 13.4. The highest BCUT2D eigenvalue weighted by Gasteiger charge is 2.48. The van der Waals surface area contributed by atoms with Crippen LogP contribution in [0.25, 0.3) is 16.0 Å². The van der Waals surface area contributed by atoms with Gasteiger partial charge in [-0.15, -0.1) is 0 Å². The van der Waals surface area contributed by atoms with E-state index in [2.05, 4.69) is 20.9 Å². The Bertz CT molecular complexity index is 1610. The Labute approximate surface area is 223 Å². The van der Waals surface area contributed by atoms with Crippen molar-refractivity contribution in [1.82, 2.24) is 4.98 Å². The molecule has 6 rings (SSSR count). The highest BCUT2D eigenvalue weighted by molar-refractivity contribution is 9.10. The van der Waals surface area contributed by atoms with Gasteiger partial charge in [0.05, 0.1) is 21.8 Å². The number of hydrogen-bond acceptors (Lipinski definition) is 6. The first-order chi connectivity index (χ1) is 17.3. The summed E-state index contributed by atoms with van der Waals surface area (Å²) in [5.74, 6) is -0.979. The van der Waals surface area contributed by atoms with Crippen LogP contribution in [0.15, 0.2) is 70.7 Å². The van der Waals surface area contributed by atoms with Gasteiger partial charge < -0.3 is 9.84 Å². The van der Waals surface area contributed by atoms with Crippen LogP contribution in [0, 0.1) is 0 Å². The zero-order valence-electron chi connectivity index (χ0n) is 18.9. The van der Waals surface area contributed by atoms with Gasteiger partial charge in [-0.3, -0.25) is 14.5 Å². The number of benzene rings is 3. The van der Waals surface area contributed by atoms with Crippen molar-refractivity contribution in [3.8, 4) is 5.75 Å². The Morgan fingerprint density at radius 2 is 2.00 bits per heavy atom. The fourth-order valence-corrected chi connectivity index (χ4v) is 6.42. The molecule has 1 fully saturated rings. The molecule has 2 atom stereocenters. The molecule has 4 aromatic rings. The van der Waals surface area contributed by atoms with E-state index in [-0.39, 0.29) is 17.4 Å². The molecule has 3 heterocycles. The van der Waals surface area contributed by atoms with Crippen LogP contribution in [0.2, 0.25) is 5.02 Å². The van der Waals surface area contributed by atoms with Gasteiger partial charge in [0.25, 0.3) is 5.78 Å². The van der Waals surface area contributed by atoms with E-state index in [0.717, 1.165) is 20.5 Å². The number of ketones is 1. The number of fused-ring (bicyclic) bond motifs is 2. The zero-order chi connectivity index (χ0) is 25.1. The van der Waals surface area contributed by atoms with Crippen LogP contribution in [0.1, 0.15) is 29.7 Å². The van der Waals surface area contributed by atoms with Gasteiger partial charge in [-0.1, -0.05) is 51.0 Å². The smallest absolute Gasteiger partial charge is 0.301 e. The van der Waals surface area contributed by atoms with Gasteiger partial charge in [0.2, 0.25) is 0 Å². The highest BCUT2D eigenvalue weighted by Crippen LogP contribution is 2.45. The Balaban J connectivity index is 1.54. The summed E-state index contributed by atoms with van der Waals surface area (Å²) in [5.41, 5.74) is 2.76. The van der Waals surface area contributed by atoms with Crippen molar-refractivity contribution in [2.75, 3.05) is 4.90 Å². The molecule has 2 aliphatic rings. The monoisotopic (exact) mass is 580 g/mol. The molecule has 9 heteroatoms. The number of halogens is 2. The number of carbonyl (C=O) groups excluding carboxylic acids is 2. The molecule has 3 aromatic carbocycles. The van der Waals surface area contributed by atoms with Crippen molar-refractivity contribution in [2.24, 2.45) is 0 Å². The number of amides is 1. The minimum absolute atomic E-state index is 0.0160. The fourth-order valence-electron chi connectivity index (χ4n) is 4.74. The van der Waals surface area contributed by atoms with Crippen LogP contribution >= 0.6 is 38.9 Å². The van der Waals surface area contributed by atoms with E-state index in [1.807, 2.05) is 37.3 Å². The van der Waals surface area contributed by atoms with Crippen LogP contribution in [-0.4, -0.2) is 27.9 Å². The largest absolute Gasteiger partial charge is 0.507 e. The van der Waals surface area contributed by atoms with Crippen molar-refractivity contribution in [3.63, 3.8) is 0 Å². The number of aromatic nitrogens is 1. The topological polar surface area (TPSA) is 79.7 Å². The third kappa shape index (κ3) is 3.80. The van der Waals surface area contributed by atoms with Gasteiger partial charge in [0.1, 0.15) is 17.6 Å². The normalized spacial score (nSPS) is 20.7. The highest BCUT2D eigenvalue weighted by atomic mass is 79.9. The van der Waals surface area contributed by atoms with E-state index in [4.69, 9.17) is 16.3 Å². The van der Waals surface area contributed by atoms with Crippen molar-refractivity contribution < 1.29 is 19.4 Å². The number of nitrogens with zero attached hydrogens (tertiary/aromatic N) is 2. The second-order valence-corrected chi connectivity index (χ2v) is 11.1. The molecule has 2 aliphatic heterocycles. The third-order valence-corrected chi connectivity index (χ3v) is 8.07. The summed E-state index contributed by atoms with van der Waals surface area (Å²) < 4.78 is 7.35. The summed E-state index contributed by atoms with van der Waals surface area (Å²) in [7, 11) is 0. The molecular formula is C27H18BrClN2O4S. The lowest BCUT2D eigenvalue weighted by Gasteiger charge is -2.23. The molecular weight excluding hydrogens is 564 g/mol. The van der Waals surface area contributed by atoms with Gasteiger partial charge in [-0.25, -0.2) is 4.98 Å². The maximum atomic E-state index is 13.4. The number of rotatable bonds is 3. The van der Waals surface area contributed by atoms with E-state index >= 15 is 0 Å². The lowest BCUT2D eigenvalue weighted by atomic mass is 9.94. The molecule has 1 N–H and O–H groups in total. The molecule has 0 bridgehead atoms. The molecule has 0 spiro atoms. The van der Waals surface area contributed by atoms with Gasteiger partial charge in [-0.05, 0) is 66.6 Å². The number of hydrogen-bond donors (Lipinski definition) is 1. The summed E-state index contributed by atoms with van der Waals surface area (Å²) in [6, 6.07) is 17.1. The third-order valence-electron chi connectivity index (χ3n) is 6.32. The standard InChI is InChI=1S/C27H18BrClN2O4S/c1-13-9-16-10-15(5-8-20(16)35-13)24(32)22-23(14-3-2-4-17(28)11-14)31(26(34)25(22)33)27-30-19-7-6-18(29)12-21(19)36-27/h2-8,10-13,23,32H,9H2,1H3/t13-,23-/m0/s1. The van der Waals surface area contributed by atoms with Gasteiger partial charge in [0.15, 0.2) is 5.13 Å². The molecule has 0 radical (unpaired) electrons. The number of aliphatic hydroxyl groups is 1. The second kappa shape index (κ2) is 8.73. The number of Topliss-reactive ketones (excluding diaryl/α,β-unsaturated/α-hetero) is 1. The Morgan fingerprint density at radius 1 is 1.17 bits per heavy atom. The Morgan fingerprint density at radius 3 is 2.81 bits per heavy atom. The average molecular weight is 582 g/mol. The summed E-state index contributed by atoms with van der Waals surface area (Å²) in [5, 5.41) is 12.4. The van der Waals surface area contributed by atoms with Crippen molar-refractivity contribution in [3.05, 3.63) is 92.4 Å². The number of anilines is 1. The first-order valence-corrected chi connectivity index (χ1v) is 13.2. The van der Waals surface area contributed by atoms with Crippen LogP contribution < -0.4 is 9.64 Å². The van der Waals surface area contributed by atoms with Crippen LogP contribution in [0.3, 0.4) is 0 Å².